The fourth-order valence-corrected chi connectivity index (χ4v) is 2.19. The van der Waals surface area contributed by atoms with Crippen molar-refractivity contribution in [3.63, 3.8) is 0 Å². The Morgan fingerprint density at radius 1 is 1.27 bits per heavy atom. The van der Waals surface area contributed by atoms with Crippen LogP contribution in [0.5, 0.6) is 0 Å². The maximum Gasteiger partial charge on any atom is 0.294 e. The molecule has 120 valence electrons. The van der Waals surface area contributed by atoms with Crippen LogP contribution in [0.2, 0.25) is 0 Å². The highest BCUT2D eigenvalue weighted by molar-refractivity contribution is 5.69. The molecule has 1 aromatic rings. The second-order valence-electron chi connectivity index (χ2n) is 4.97. The standard InChI is InChI=1S/C14H21N5O3/c20-10-4-2-1-3-7-15-13-6-5-12(11-14(13)19(21)22)18-9-8-16-17-18/h5-6,8-9,11,15-17,20H,1-4,7,10H2. The van der Waals surface area contributed by atoms with Crippen LogP contribution in [-0.2, 0) is 0 Å². The van der Waals surface area contributed by atoms with E-state index in [9.17, 15) is 10.1 Å². The van der Waals surface area contributed by atoms with Gasteiger partial charge in [-0.2, -0.15) is 0 Å². The van der Waals surface area contributed by atoms with Gasteiger partial charge in [-0.15, -0.1) is 5.53 Å². The molecule has 0 fully saturated rings. The zero-order chi connectivity index (χ0) is 15.8. The molecule has 0 amide bonds. The summed E-state index contributed by atoms with van der Waals surface area (Å²) < 4.78 is 0. The van der Waals surface area contributed by atoms with Crippen LogP contribution in [0.25, 0.3) is 0 Å². The number of aliphatic hydroxyl groups excluding tert-OH is 1. The minimum absolute atomic E-state index is 0.0509. The number of unbranched alkanes of at least 4 members (excludes halogenated alkanes) is 3. The fraction of sp³-hybridized carbons (Fsp3) is 0.429. The van der Waals surface area contributed by atoms with Crippen molar-refractivity contribution in [2.75, 3.05) is 23.5 Å². The van der Waals surface area contributed by atoms with Crippen molar-refractivity contribution in [2.24, 2.45) is 0 Å². The lowest BCUT2D eigenvalue weighted by Gasteiger charge is -2.16. The van der Waals surface area contributed by atoms with E-state index in [4.69, 9.17) is 5.11 Å². The van der Waals surface area contributed by atoms with Crippen molar-refractivity contribution in [1.29, 1.82) is 0 Å². The van der Waals surface area contributed by atoms with Crippen LogP contribution in [0.3, 0.4) is 0 Å². The van der Waals surface area contributed by atoms with E-state index >= 15 is 0 Å². The van der Waals surface area contributed by atoms with Crippen LogP contribution < -0.4 is 21.3 Å². The van der Waals surface area contributed by atoms with Crippen LogP contribution in [0.15, 0.2) is 30.6 Å². The molecule has 0 bridgehead atoms. The highest BCUT2D eigenvalue weighted by Gasteiger charge is 2.17. The lowest BCUT2D eigenvalue weighted by atomic mass is 10.2. The molecule has 8 nitrogen and oxygen atoms in total. The van der Waals surface area contributed by atoms with E-state index in [1.807, 2.05) is 6.07 Å². The molecule has 0 saturated carbocycles. The van der Waals surface area contributed by atoms with E-state index in [1.54, 1.807) is 23.5 Å². The third kappa shape index (κ3) is 4.34. The number of benzene rings is 1. The van der Waals surface area contributed by atoms with Crippen molar-refractivity contribution in [3.8, 4) is 0 Å². The normalized spacial score (nSPS) is 13.2. The van der Waals surface area contributed by atoms with Crippen molar-refractivity contribution in [3.05, 3.63) is 40.7 Å². The first-order valence-corrected chi connectivity index (χ1v) is 7.32. The van der Waals surface area contributed by atoms with E-state index in [0.29, 0.717) is 17.9 Å². The lowest BCUT2D eigenvalue weighted by Crippen LogP contribution is -2.35. The van der Waals surface area contributed by atoms with Crippen LogP contribution in [0, 0.1) is 10.1 Å². The Hall–Kier alpha value is -2.32. The molecule has 8 heteroatoms. The number of anilines is 2. The zero-order valence-corrected chi connectivity index (χ0v) is 12.3. The molecule has 0 unspecified atom stereocenters. The predicted octanol–water partition coefficient (Wildman–Crippen LogP) is 1.86. The molecule has 0 saturated heterocycles. The SMILES string of the molecule is O=[N+]([O-])c1cc(N2C=CNN2)ccc1NCCCCCCO. The van der Waals surface area contributed by atoms with Gasteiger partial charge in [-0.25, -0.2) is 0 Å². The first-order valence-electron chi connectivity index (χ1n) is 7.32. The summed E-state index contributed by atoms with van der Waals surface area (Å²) in [5, 5.41) is 24.7. The molecule has 0 aromatic heterocycles. The van der Waals surface area contributed by atoms with Gasteiger partial charge in [0.15, 0.2) is 0 Å². The molecule has 0 atom stereocenters. The van der Waals surface area contributed by atoms with E-state index < -0.39 is 0 Å². The molecule has 22 heavy (non-hydrogen) atoms. The Bertz CT molecular complexity index is 535. The summed E-state index contributed by atoms with van der Waals surface area (Å²) in [5.41, 5.74) is 6.88. The number of aliphatic hydroxyl groups is 1. The number of nitro benzene ring substituents is 1. The third-order valence-electron chi connectivity index (χ3n) is 3.35. The largest absolute Gasteiger partial charge is 0.396 e. The fourth-order valence-electron chi connectivity index (χ4n) is 2.19. The molecule has 1 aromatic carbocycles. The second-order valence-corrected chi connectivity index (χ2v) is 4.97. The summed E-state index contributed by atoms with van der Waals surface area (Å²) in [6, 6.07) is 5.05. The first kappa shape index (κ1) is 16.1. The Kier molecular flexibility index (Phi) is 5.99. The number of nitrogens with one attached hydrogen (secondary N) is 3. The topological polar surface area (TPSA) is 103 Å². The number of hydrogen-bond donors (Lipinski definition) is 4. The van der Waals surface area contributed by atoms with Gasteiger partial charge in [0.25, 0.3) is 5.69 Å². The molecule has 0 radical (unpaired) electrons. The van der Waals surface area contributed by atoms with E-state index in [-0.39, 0.29) is 17.2 Å². The van der Waals surface area contributed by atoms with Crippen LogP contribution in [-0.4, -0.2) is 23.2 Å². The number of nitro groups is 1. The smallest absolute Gasteiger partial charge is 0.294 e. The maximum absolute atomic E-state index is 11.2. The minimum atomic E-state index is -0.384. The van der Waals surface area contributed by atoms with Crippen molar-refractivity contribution in [2.45, 2.75) is 25.7 Å². The maximum atomic E-state index is 11.2. The van der Waals surface area contributed by atoms with E-state index in [2.05, 4.69) is 16.3 Å². The molecule has 4 N–H and O–H groups in total. The summed E-state index contributed by atoms with van der Waals surface area (Å²) >= 11 is 0. The summed E-state index contributed by atoms with van der Waals surface area (Å²) in [7, 11) is 0. The summed E-state index contributed by atoms with van der Waals surface area (Å²) in [6.45, 7) is 0.892. The summed E-state index contributed by atoms with van der Waals surface area (Å²) in [6.07, 6.45) is 7.13. The van der Waals surface area contributed by atoms with Gasteiger partial charge in [0.1, 0.15) is 5.69 Å². The highest BCUT2D eigenvalue weighted by atomic mass is 16.6. The molecule has 0 aliphatic carbocycles. The van der Waals surface area contributed by atoms with Crippen LogP contribution in [0.1, 0.15) is 25.7 Å². The van der Waals surface area contributed by atoms with Gasteiger partial charge >= 0.3 is 0 Å². The molecule has 1 heterocycles. The quantitative estimate of drug-likeness (QED) is 0.314. The molecular formula is C14H21N5O3. The average molecular weight is 307 g/mol. The number of hydrogen-bond acceptors (Lipinski definition) is 7. The summed E-state index contributed by atoms with van der Waals surface area (Å²) in [4.78, 5) is 10.8. The molecule has 1 aliphatic heterocycles. The molecule has 1 aliphatic rings. The predicted molar refractivity (Wildman–Crippen MR) is 85.0 cm³/mol. The molecular weight excluding hydrogens is 286 g/mol. The monoisotopic (exact) mass is 307 g/mol. The third-order valence-corrected chi connectivity index (χ3v) is 3.35. The Balaban J connectivity index is 1.95. The number of hydrazine groups is 2. The van der Waals surface area contributed by atoms with Crippen LogP contribution in [0.4, 0.5) is 17.1 Å². The molecule has 2 rings (SSSR count). The van der Waals surface area contributed by atoms with Gasteiger partial charge in [0, 0.05) is 31.6 Å². The van der Waals surface area contributed by atoms with Gasteiger partial charge in [-0.05, 0) is 25.0 Å². The second kappa shape index (κ2) is 8.20. The number of nitrogens with zero attached hydrogens (tertiary/aromatic N) is 2. The van der Waals surface area contributed by atoms with Gasteiger partial charge in [-0.3, -0.25) is 15.1 Å². The highest BCUT2D eigenvalue weighted by Crippen LogP contribution is 2.29. The number of rotatable bonds is 9. The Morgan fingerprint density at radius 2 is 2.09 bits per heavy atom. The van der Waals surface area contributed by atoms with Crippen molar-refractivity contribution in [1.82, 2.24) is 11.0 Å². The van der Waals surface area contributed by atoms with Crippen LogP contribution >= 0.6 is 0 Å². The lowest BCUT2D eigenvalue weighted by molar-refractivity contribution is -0.383. The van der Waals surface area contributed by atoms with Gasteiger partial charge < -0.3 is 15.8 Å². The average Bonchev–Trinajstić information content (AvgIpc) is 3.05. The van der Waals surface area contributed by atoms with Gasteiger partial charge in [0.2, 0.25) is 0 Å². The van der Waals surface area contributed by atoms with Gasteiger partial charge in [0.05, 0.1) is 10.6 Å². The first-order chi connectivity index (χ1) is 10.7. The minimum Gasteiger partial charge on any atom is -0.396 e. The Morgan fingerprint density at radius 3 is 2.77 bits per heavy atom. The Labute approximate surface area is 128 Å². The van der Waals surface area contributed by atoms with Crippen molar-refractivity contribution < 1.29 is 10.0 Å². The summed E-state index contributed by atoms with van der Waals surface area (Å²) in [5.74, 6) is 0. The van der Waals surface area contributed by atoms with Crippen molar-refractivity contribution >= 4 is 17.1 Å². The van der Waals surface area contributed by atoms with E-state index in [0.717, 1.165) is 25.7 Å². The molecule has 0 spiro atoms. The zero-order valence-electron chi connectivity index (χ0n) is 12.3. The van der Waals surface area contributed by atoms with Gasteiger partial charge in [-0.1, -0.05) is 12.8 Å². The van der Waals surface area contributed by atoms with E-state index in [1.165, 1.54) is 6.07 Å².